The van der Waals surface area contributed by atoms with Gasteiger partial charge in [-0.15, -0.1) is 0 Å². The van der Waals surface area contributed by atoms with Gasteiger partial charge in [0.25, 0.3) is 0 Å². The molecule has 0 aliphatic carbocycles. The third kappa shape index (κ3) is 5.36. The number of hydrogen-bond acceptors (Lipinski definition) is 3. The van der Waals surface area contributed by atoms with Crippen LogP contribution in [0.3, 0.4) is 0 Å². The van der Waals surface area contributed by atoms with Crippen molar-refractivity contribution in [1.29, 1.82) is 0 Å². The van der Waals surface area contributed by atoms with Gasteiger partial charge in [0.15, 0.2) is 0 Å². The van der Waals surface area contributed by atoms with Crippen molar-refractivity contribution in [1.82, 2.24) is 0 Å². The van der Waals surface area contributed by atoms with E-state index in [2.05, 4.69) is 5.32 Å². The minimum Gasteiger partial charge on any atom is -0.324 e. The molecule has 0 saturated carbocycles. The number of hydrogen-bond donors (Lipinski definition) is 1. The van der Waals surface area contributed by atoms with Crippen molar-refractivity contribution in [3.63, 3.8) is 0 Å². The largest absolute Gasteiger partial charge is 0.416 e. The average molecular weight is 421 g/mol. The maximum Gasteiger partial charge on any atom is 0.416 e. The van der Waals surface area contributed by atoms with E-state index in [4.69, 9.17) is 11.6 Å². The third-order valence-electron chi connectivity index (χ3n) is 3.61. The van der Waals surface area contributed by atoms with Gasteiger partial charge in [-0.3, -0.25) is 9.10 Å². The van der Waals surface area contributed by atoms with Gasteiger partial charge in [-0.25, -0.2) is 8.42 Å². The zero-order chi connectivity index (χ0) is 20.4. The molecule has 0 spiro atoms. The molecule has 2 rings (SSSR count). The summed E-state index contributed by atoms with van der Waals surface area (Å²) in [6.07, 6.45) is -3.64. The van der Waals surface area contributed by atoms with Crippen molar-refractivity contribution in [3.8, 4) is 0 Å². The van der Waals surface area contributed by atoms with Gasteiger partial charge in [-0.2, -0.15) is 13.2 Å². The molecule has 5 nitrogen and oxygen atoms in total. The Morgan fingerprint density at radius 1 is 1.15 bits per heavy atom. The molecule has 0 heterocycles. The number of anilines is 2. The van der Waals surface area contributed by atoms with Crippen LogP contribution in [0.25, 0.3) is 0 Å². The summed E-state index contributed by atoms with van der Waals surface area (Å²) in [5, 5.41) is 2.58. The van der Waals surface area contributed by atoms with E-state index in [0.29, 0.717) is 0 Å². The van der Waals surface area contributed by atoms with Gasteiger partial charge in [0.1, 0.15) is 6.04 Å². The van der Waals surface area contributed by atoms with Crippen molar-refractivity contribution in [2.45, 2.75) is 19.1 Å². The van der Waals surface area contributed by atoms with Crippen LogP contribution in [0.5, 0.6) is 0 Å². The fraction of sp³-hybridized carbons (Fsp3) is 0.235. The molecule has 0 fully saturated rings. The average Bonchev–Trinajstić information content (AvgIpc) is 2.53. The number of benzene rings is 2. The lowest BCUT2D eigenvalue weighted by Gasteiger charge is -2.28. The van der Waals surface area contributed by atoms with Gasteiger partial charge in [0.05, 0.1) is 17.5 Å². The Labute approximate surface area is 159 Å². The van der Waals surface area contributed by atoms with Crippen LogP contribution in [-0.4, -0.2) is 26.6 Å². The third-order valence-corrected chi connectivity index (χ3v) is 5.09. The normalized spacial score (nSPS) is 13.1. The number of nitrogens with one attached hydrogen (secondary N) is 1. The van der Waals surface area contributed by atoms with E-state index in [1.54, 1.807) is 6.07 Å². The summed E-state index contributed by atoms with van der Waals surface area (Å²) in [7, 11) is -3.87. The predicted molar refractivity (Wildman–Crippen MR) is 98.3 cm³/mol. The molecule has 1 atom stereocenters. The van der Waals surface area contributed by atoms with E-state index in [9.17, 15) is 26.4 Å². The van der Waals surface area contributed by atoms with Gasteiger partial charge in [0, 0.05) is 10.7 Å². The van der Waals surface area contributed by atoms with E-state index < -0.39 is 33.7 Å². The smallest absolute Gasteiger partial charge is 0.324 e. The molecule has 1 N–H and O–H groups in total. The SMILES string of the molecule is C[C@H](C(=O)Nc1cccc(C(F)(F)F)c1)N(c1cccc(Cl)c1)S(C)(=O)=O. The van der Waals surface area contributed by atoms with Crippen molar-refractivity contribution in [2.24, 2.45) is 0 Å². The van der Waals surface area contributed by atoms with Gasteiger partial charge >= 0.3 is 6.18 Å². The number of carbonyl (C=O) groups excluding carboxylic acids is 1. The van der Waals surface area contributed by atoms with Crippen LogP contribution in [0.15, 0.2) is 48.5 Å². The Balaban J connectivity index is 2.31. The molecule has 10 heteroatoms. The number of carbonyl (C=O) groups is 1. The lowest BCUT2D eigenvalue weighted by molar-refractivity contribution is -0.137. The summed E-state index contributed by atoms with van der Waals surface area (Å²) >= 11 is 5.88. The van der Waals surface area contributed by atoms with Crippen molar-refractivity contribution < 1.29 is 26.4 Å². The summed E-state index contributed by atoms with van der Waals surface area (Å²) in [6.45, 7) is 1.32. The van der Waals surface area contributed by atoms with E-state index in [1.807, 2.05) is 0 Å². The number of alkyl halides is 3. The Morgan fingerprint density at radius 3 is 2.33 bits per heavy atom. The van der Waals surface area contributed by atoms with E-state index in [1.165, 1.54) is 31.2 Å². The highest BCUT2D eigenvalue weighted by Crippen LogP contribution is 2.31. The summed E-state index contributed by atoms with van der Waals surface area (Å²) in [6, 6.07) is 8.73. The zero-order valence-corrected chi connectivity index (χ0v) is 15.9. The fourth-order valence-corrected chi connectivity index (χ4v) is 3.79. The van der Waals surface area contributed by atoms with Crippen LogP contribution in [0, 0.1) is 0 Å². The van der Waals surface area contributed by atoms with Gasteiger partial charge in [-0.05, 0) is 43.3 Å². The Hall–Kier alpha value is -2.26. The lowest BCUT2D eigenvalue weighted by atomic mass is 10.2. The quantitative estimate of drug-likeness (QED) is 0.790. The molecule has 1 amide bonds. The summed E-state index contributed by atoms with van der Waals surface area (Å²) < 4.78 is 63.6. The van der Waals surface area contributed by atoms with Crippen LogP contribution in [-0.2, 0) is 21.0 Å². The van der Waals surface area contributed by atoms with Gasteiger partial charge in [-0.1, -0.05) is 23.7 Å². The second-order valence-corrected chi connectivity index (χ2v) is 8.08. The molecule has 0 aliphatic rings. The first kappa shape index (κ1) is 21.0. The second kappa shape index (κ2) is 7.77. The van der Waals surface area contributed by atoms with Crippen LogP contribution >= 0.6 is 11.6 Å². The fourth-order valence-electron chi connectivity index (χ4n) is 2.44. The molecule has 0 aromatic heterocycles. The van der Waals surface area contributed by atoms with Crippen LogP contribution < -0.4 is 9.62 Å². The van der Waals surface area contributed by atoms with Crippen molar-refractivity contribution in [2.75, 3.05) is 15.9 Å². The minimum atomic E-state index is -4.56. The highest BCUT2D eigenvalue weighted by atomic mass is 35.5. The molecule has 0 aliphatic heterocycles. The molecule has 2 aromatic carbocycles. The first-order chi connectivity index (χ1) is 12.4. The molecule has 146 valence electrons. The maximum absolute atomic E-state index is 12.8. The predicted octanol–water partition coefficient (Wildman–Crippen LogP) is 4.15. The standard InChI is InChI=1S/C17H16ClF3N2O3S/c1-11(23(27(2,25)26)15-8-4-6-13(18)10-15)16(24)22-14-7-3-5-12(9-14)17(19,20)21/h3-11H,1-2H3,(H,22,24)/t11-/m1/s1. The van der Waals surface area contributed by atoms with Crippen molar-refractivity contribution >= 4 is 38.9 Å². The number of amides is 1. The van der Waals surface area contributed by atoms with E-state index in [0.717, 1.165) is 28.8 Å². The van der Waals surface area contributed by atoms with Gasteiger partial charge < -0.3 is 5.32 Å². The van der Waals surface area contributed by atoms with E-state index in [-0.39, 0.29) is 16.4 Å². The molecule has 0 bridgehead atoms. The van der Waals surface area contributed by atoms with Crippen molar-refractivity contribution in [3.05, 3.63) is 59.1 Å². The summed E-state index contributed by atoms with van der Waals surface area (Å²) in [5.41, 5.74) is -0.860. The molecule has 2 aromatic rings. The van der Waals surface area contributed by atoms with Crippen LogP contribution in [0.1, 0.15) is 12.5 Å². The monoisotopic (exact) mass is 420 g/mol. The number of sulfonamides is 1. The minimum absolute atomic E-state index is 0.0961. The second-order valence-electron chi connectivity index (χ2n) is 5.78. The molecule has 0 saturated heterocycles. The van der Waals surface area contributed by atoms with Gasteiger partial charge in [0.2, 0.25) is 15.9 Å². The first-order valence-corrected chi connectivity index (χ1v) is 9.85. The Bertz CT molecular complexity index is 948. The Morgan fingerprint density at radius 2 is 1.78 bits per heavy atom. The Kier molecular flexibility index (Phi) is 6.06. The van der Waals surface area contributed by atoms with E-state index >= 15 is 0 Å². The molecule has 0 unspecified atom stereocenters. The summed E-state index contributed by atoms with van der Waals surface area (Å²) in [5.74, 6) is -0.792. The lowest BCUT2D eigenvalue weighted by Crippen LogP contribution is -2.45. The highest BCUT2D eigenvalue weighted by Gasteiger charge is 2.32. The van der Waals surface area contributed by atoms with Crippen LogP contribution in [0.4, 0.5) is 24.5 Å². The molecular formula is C17H16ClF3N2O3S. The number of halogens is 4. The molecular weight excluding hydrogens is 405 g/mol. The zero-order valence-electron chi connectivity index (χ0n) is 14.3. The van der Waals surface area contributed by atoms with Crippen LogP contribution in [0.2, 0.25) is 5.02 Å². The summed E-state index contributed by atoms with van der Waals surface area (Å²) in [4.78, 5) is 12.5. The number of rotatable bonds is 5. The maximum atomic E-state index is 12.8. The highest BCUT2D eigenvalue weighted by molar-refractivity contribution is 7.92. The number of nitrogens with zero attached hydrogens (tertiary/aromatic N) is 1. The first-order valence-electron chi connectivity index (χ1n) is 7.62. The molecule has 27 heavy (non-hydrogen) atoms. The molecule has 0 radical (unpaired) electrons. The topological polar surface area (TPSA) is 66.5 Å².